The monoisotopic (exact) mass is 268 g/mol. The Labute approximate surface area is 99.6 Å². The molecule has 0 amide bonds. The first kappa shape index (κ1) is 11.1. The molecule has 2 nitrogen and oxygen atoms in total. The van der Waals surface area contributed by atoms with Crippen LogP contribution in [0.1, 0.15) is 31.4 Å². The van der Waals surface area contributed by atoms with E-state index in [9.17, 15) is 0 Å². The molecule has 1 saturated carbocycles. The van der Waals surface area contributed by atoms with Crippen LogP contribution in [-0.4, -0.2) is 11.5 Å². The van der Waals surface area contributed by atoms with Crippen LogP contribution in [0.2, 0.25) is 0 Å². The average molecular weight is 269 g/mol. The average Bonchev–Trinajstić information content (AvgIpc) is 2.18. The van der Waals surface area contributed by atoms with Gasteiger partial charge < -0.3 is 5.32 Å². The third-order valence-electron chi connectivity index (χ3n) is 3.05. The smallest absolute Gasteiger partial charge is 0.0542 e. The van der Waals surface area contributed by atoms with Crippen LogP contribution in [0.5, 0.6) is 0 Å². The van der Waals surface area contributed by atoms with Crippen molar-refractivity contribution in [1.82, 2.24) is 10.3 Å². The van der Waals surface area contributed by atoms with E-state index in [-0.39, 0.29) is 0 Å². The quantitative estimate of drug-likeness (QED) is 0.831. The molecule has 1 aliphatic rings. The highest BCUT2D eigenvalue weighted by atomic mass is 79.9. The second-order valence-electron chi connectivity index (χ2n) is 4.23. The summed E-state index contributed by atoms with van der Waals surface area (Å²) >= 11 is 3.38. The molecule has 2 rings (SSSR count). The summed E-state index contributed by atoms with van der Waals surface area (Å²) in [5, 5.41) is 3.44. The first-order valence-corrected chi connectivity index (χ1v) is 6.45. The molecule has 0 spiro atoms. The van der Waals surface area contributed by atoms with Crippen LogP contribution >= 0.6 is 15.9 Å². The molecule has 15 heavy (non-hydrogen) atoms. The van der Waals surface area contributed by atoms with Gasteiger partial charge in [-0.05, 0) is 46.9 Å². The van der Waals surface area contributed by atoms with Crippen molar-refractivity contribution in [3.8, 4) is 0 Å². The van der Waals surface area contributed by atoms with Crippen molar-refractivity contribution >= 4 is 15.9 Å². The zero-order chi connectivity index (χ0) is 10.5. The van der Waals surface area contributed by atoms with Crippen LogP contribution in [0.15, 0.2) is 22.8 Å². The lowest BCUT2D eigenvalue weighted by molar-refractivity contribution is 0.292. The maximum absolute atomic E-state index is 4.32. The summed E-state index contributed by atoms with van der Waals surface area (Å²) < 4.78 is 1.04. The van der Waals surface area contributed by atoms with E-state index < -0.39 is 0 Å². The van der Waals surface area contributed by atoms with Crippen LogP contribution in [0.25, 0.3) is 0 Å². The number of rotatable bonds is 5. The van der Waals surface area contributed by atoms with Gasteiger partial charge in [0.25, 0.3) is 0 Å². The van der Waals surface area contributed by atoms with E-state index in [1.54, 1.807) is 0 Å². The van der Waals surface area contributed by atoms with Crippen molar-refractivity contribution in [1.29, 1.82) is 0 Å². The first-order chi connectivity index (χ1) is 7.34. The van der Waals surface area contributed by atoms with Gasteiger partial charge in [0.05, 0.1) is 5.69 Å². The van der Waals surface area contributed by atoms with Crippen LogP contribution in [0.4, 0.5) is 0 Å². The minimum Gasteiger partial charge on any atom is -0.311 e. The fraction of sp³-hybridized carbons (Fsp3) is 0.583. The molecular formula is C12H17BrN2. The Morgan fingerprint density at radius 2 is 2.27 bits per heavy atom. The van der Waals surface area contributed by atoms with E-state index in [1.165, 1.54) is 25.7 Å². The van der Waals surface area contributed by atoms with E-state index >= 15 is 0 Å². The first-order valence-electron chi connectivity index (χ1n) is 5.66. The van der Waals surface area contributed by atoms with Gasteiger partial charge in [0.2, 0.25) is 0 Å². The normalized spacial score (nSPS) is 16.3. The van der Waals surface area contributed by atoms with Crippen molar-refractivity contribution in [3.63, 3.8) is 0 Å². The standard InChI is InChI=1S/C12H17BrN2/c13-11-4-5-12(15-8-11)9-14-7-6-10-2-1-3-10/h4-5,8,10,14H,1-3,6-7,9H2. The largest absolute Gasteiger partial charge is 0.311 e. The SMILES string of the molecule is Brc1ccc(CNCCC2CCC2)nc1. The fourth-order valence-corrected chi connectivity index (χ4v) is 2.05. The topological polar surface area (TPSA) is 24.9 Å². The molecule has 1 fully saturated rings. The number of hydrogen-bond acceptors (Lipinski definition) is 2. The van der Waals surface area contributed by atoms with E-state index in [0.717, 1.165) is 29.2 Å². The number of aromatic nitrogens is 1. The Bertz CT molecular complexity index is 293. The zero-order valence-electron chi connectivity index (χ0n) is 8.88. The van der Waals surface area contributed by atoms with Gasteiger partial charge in [0.1, 0.15) is 0 Å². The highest BCUT2D eigenvalue weighted by molar-refractivity contribution is 9.10. The zero-order valence-corrected chi connectivity index (χ0v) is 10.5. The van der Waals surface area contributed by atoms with E-state index in [2.05, 4.69) is 32.3 Å². The Balaban J connectivity index is 1.62. The Morgan fingerprint density at radius 3 is 2.87 bits per heavy atom. The Hall–Kier alpha value is -0.410. The number of nitrogens with one attached hydrogen (secondary N) is 1. The minimum absolute atomic E-state index is 0.889. The minimum atomic E-state index is 0.889. The van der Waals surface area contributed by atoms with Crippen molar-refractivity contribution in [2.24, 2.45) is 5.92 Å². The molecule has 0 atom stereocenters. The molecule has 0 aliphatic heterocycles. The fourth-order valence-electron chi connectivity index (χ4n) is 1.82. The summed E-state index contributed by atoms with van der Waals surface area (Å²) in [5.74, 6) is 0.996. The third kappa shape index (κ3) is 3.58. The lowest BCUT2D eigenvalue weighted by Gasteiger charge is -2.25. The molecule has 1 heterocycles. The summed E-state index contributed by atoms with van der Waals surface area (Å²) in [6, 6.07) is 4.09. The summed E-state index contributed by atoms with van der Waals surface area (Å²) in [4.78, 5) is 4.32. The molecule has 0 aromatic carbocycles. The molecule has 0 unspecified atom stereocenters. The van der Waals surface area contributed by atoms with Crippen molar-refractivity contribution in [3.05, 3.63) is 28.5 Å². The van der Waals surface area contributed by atoms with Crippen LogP contribution < -0.4 is 5.32 Å². The van der Waals surface area contributed by atoms with Gasteiger partial charge in [-0.2, -0.15) is 0 Å². The maximum Gasteiger partial charge on any atom is 0.0542 e. The van der Waals surface area contributed by atoms with Crippen molar-refractivity contribution < 1.29 is 0 Å². The highest BCUT2D eigenvalue weighted by Crippen LogP contribution is 2.28. The summed E-state index contributed by atoms with van der Waals surface area (Å²) in [6.07, 6.45) is 7.51. The number of hydrogen-bond donors (Lipinski definition) is 1. The second-order valence-corrected chi connectivity index (χ2v) is 5.15. The van der Waals surface area contributed by atoms with Crippen molar-refractivity contribution in [2.75, 3.05) is 6.54 Å². The van der Waals surface area contributed by atoms with E-state index in [4.69, 9.17) is 0 Å². The Kier molecular flexibility index (Phi) is 4.15. The predicted molar refractivity (Wildman–Crippen MR) is 65.6 cm³/mol. The number of halogens is 1. The van der Waals surface area contributed by atoms with Gasteiger partial charge in [0, 0.05) is 17.2 Å². The van der Waals surface area contributed by atoms with Gasteiger partial charge in [-0.15, -0.1) is 0 Å². The van der Waals surface area contributed by atoms with Crippen LogP contribution in [0, 0.1) is 5.92 Å². The summed E-state index contributed by atoms with van der Waals surface area (Å²) in [6.45, 7) is 2.02. The van der Waals surface area contributed by atoms with Crippen LogP contribution in [-0.2, 0) is 6.54 Å². The predicted octanol–water partition coefficient (Wildman–Crippen LogP) is 3.12. The molecular weight excluding hydrogens is 252 g/mol. The molecule has 82 valence electrons. The molecule has 1 N–H and O–H groups in total. The number of nitrogens with zero attached hydrogens (tertiary/aromatic N) is 1. The molecule has 0 radical (unpaired) electrons. The summed E-state index contributed by atoms with van der Waals surface area (Å²) in [5.41, 5.74) is 1.12. The molecule has 0 bridgehead atoms. The Morgan fingerprint density at radius 1 is 1.40 bits per heavy atom. The molecule has 3 heteroatoms. The number of pyridine rings is 1. The van der Waals surface area contributed by atoms with Gasteiger partial charge in [0.15, 0.2) is 0 Å². The molecule has 1 aliphatic carbocycles. The van der Waals surface area contributed by atoms with Gasteiger partial charge >= 0.3 is 0 Å². The van der Waals surface area contributed by atoms with Gasteiger partial charge in [-0.1, -0.05) is 19.3 Å². The van der Waals surface area contributed by atoms with Crippen molar-refractivity contribution in [2.45, 2.75) is 32.2 Å². The van der Waals surface area contributed by atoms with Crippen LogP contribution in [0.3, 0.4) is 0 Å². The second kappa shape index (κ2) is 5.61. The maximum atomic E-state index is 4.32. The summed E-state index contributed by atoms with van der Waals surface area (Å²) in [7, 11) is 0. The van der Waals surface area contributed by atoms with Gasteiger partial charge in [-0.25, -0.2) is 0 Å². The van der Waals surface area contributed by atoms with E-state index in [0.29, 0.717) is 0 Å². The lowest BCUT2D eigenvalue weighted by atomic mass is 9.83. The van der Waals surface area contributed by atoms with Gasteiger partial charge in [-0.3, -0.25) is 4.98 Å². The molecule has 0 saturated heterocycles. The third-order valence-corrected chi connectivity index (χ3v) is 3.52. The highest BCUT2D eigenvalue weighted by Gasteiger charge is 2.15. The molecule has 1 aromatic heterocycles. The molecule has 1 aromatic rings. The van der Waals surface area contributed by atoms with E-state index in [1.807, 2.05) is 12.3 Å². The lowest BCUT2D eigenvalue weighted by Crippen LogP contribution is -2.21.